The molecule has 2 aliphatic carbocycles. The Morgan fingerprint density at radius 2 is 1.02 bits per heavy atom. The molecule has 55 heavy (non-hydrogen) atoms. The number of hydrogen-bond donors (Lipinski definition) is 2. The first-order chi connectivity index (χ1) is 26.5. The molecule has 4 amide bonds. The van der Waals surface area contributed by atoms with Crippen LogP contribution in [0.1, 0.15) is 73.6 Å². The number of carbonyl (C=O) groups excluding carboxylic acids is 4. The molecule has 0 saturated heterocycles. The summed E-state index contributed by atoms with van der Waals surface area (Å²) in [5.74, 6) is -1.22. The SMILES string of the molecule is Cc1cccc(NC(=O)CN2C(=O)C(c3ccc(F)cc3)=NC23CCCC3)c1.Cc1cccc(NC(=O)CN2C(=O)C(c3ccccc3)=NC23CCCC3)c1. The fraction of sp³-hybridized carbons (Fsp3) is 0.318. The summed E-state index contributed by atoms with van der Waals surface area (Å²) >= 11 is 0. The van der Waals surface area contributed by atoms with Crippen LogP contribution in [0.15, 0.2) is 113 Å². The van der Waals surface area contributed by atoms with Gasteiger partial charge >= 0.3 is 0 Å². The topological polar surface area (TPSA) is 124 Å². The van der Waals surface area contributed by atoms with Gasteiger partial charge < -0.3 is 20.4 Å². The van der Waals surface area contributed by atoms with Crippen molar-refractivity contribution in [2.75, 3.05) is 23.7 Å². The van der Waals surface area contributed by atoms with E-state index >= 15 is 0 Å². The van der Waals surface area contributed by atoms with Gasteiger partial charge in [-0.3, -0.25) is 29.2 Å². The first-order valence-corrected chi connectivity index (χ1v) is 18.9. The molecule has 0 aromatic heterocycles. The number of carbonyl (C=O) groups is 4. The molecule has 4 aromatic carbocycles. The second kappa shape index (κ2) is 15.8. The van der Waals surface area contributed by atoms with Crippen LogP contribution in [0.2, 0.25) is 0 Å². The Labute approximate surface area is 320 Å². The van der Waals surface area contributed by atoms with E-state index in [1.807, 2.05) is 92.7 Å². The molecule has 0 bridgehead atoms. The van der Waals surface area contributed by atoms with Gasteiger partial charge in [0.1, 0.15) is 41.7 Å². The van der Waals surface area contributed by atoms with Gasteiger partial charge in [-0.1, -0.05) is 54.6 Å². The Hall–Kier alpha value is -5.97. The average molecular weight is 741 g/mol. The number of nitrogens with zero attached hydrogens (tertiary/aromatic N) is 4. The van der Waals surface area contributed by atoms with Crippen molar-refractivity contribution in [1.82, 2.24) is 9.80 Å². The number of aryl methyl sites for hydroxylation is 2. The largest absolute Gasteiger partial charge is 0.325 e. The quantitative estimate of drug-likeness (QED) is 0.198. The summed E-state index contributed by atoms with van der Waals surface area (Å²) in [6.07, 6.45) is 7.07. The lowest BCUT2D eigenvalue weighted by atomic mass is 10.1. The Morgan fingerprint density at radius 1 is 0.600 bits per heavy atom. The molecule has 10 nitrogen and oxygen atoms in total. The molecule has 2 heterocycles. The smallest absolute Gasteiger partial charge is 0.275 e. The molecule has 4 aromatic rings. The molecule has 2 fully saturated rings. The van der Waals surface area contributed by atoms with Crippen molar-refractivity contribution in [1.29, 1.82) is 0 Å². The first kappa shape index (κ1) is 37.3. The molecule has 2 spiro atoms. The Morgan fingerprint density at radius 3 is 1.44 bits per heavy atom. The Bertz CT molecular complexity index is 2150. The van der Waals surface area contributed by atoms with E-state index in [1.54, 1.807) is 21.9 Å². The van der Waals surface area contributed by atoms with Gasteiger partial charge in [-0.05, 0) is 125 Å². The summed E-state index contributed by atoms with van der Waals surface area (Å²) in [6, 6.07) is 30.5. The zero-order valence-electron chi connectivity index (χ0n) is 31.2. The summed E-state index contributed by atoms with van der Waals surface area (Å²) in [5.41, 5.74) is 4.53. The normalized spacial score (nSPS) is 17.9. The number of anilines is 2. The molecule has 0 atom stereocenters. The predicted octanol–water partition coefficient (Wildman–Crippen LogP) is 7.21. The molecule has 8 rings (SSSR count). The van der Waals surface area contributed by atoms with Gasteiger partial charge in [-0.25, -0.2) is 4.39 Å². The fourth-order valence-electron chi connectivity index (χ4n) is 8.06. The summed E-state index contributed by atoms with van der Waals surface area (Å²) < 4.78 is 13.3. The second-order valence-corrected chi connectivity index (χ2v) is 14.8. The predicted molar refractivity (Wildman–Crippen MR) is 211 cm³/mol. The van der Waals surface area contributed by atoms with Gasteiger partial charge in [0.25, 0.3) is 11.8 Å². The van der Waals surface area contributed by atoms with Crippen molar-refractivity contribution < 1.29 is 23.6 Å². The molecule has 2 saturated carbocycles. The Balaban J connectivity index is 0.000000169. The van der Waals surface area contributed by atoms with Crippen LogP contribution in [-0.2, 0) is 19.2 Å². The third kappa shape index (κ3) is 8.11. The van der Waals surface area contributed by atoms with Gasteiger partial charge in [0.15, 0.2) is 0 Å². The number of benzene rings is 4. The molecular weight excluding hydrogens is 696 g/mol. The molecule has 2 aliphatic heterocycles. The van der Waals surface area contributed by atoms with E-state index < -0.39 is 11.3 Å². The first-order valence-electron chi connectivity index (χ1n) is 18.9. The summed E-state index contributed by atoms with van der Waals surface area (Å²) in [7, 11) is 0. The minimum absolute atomic E-state index is 0.0204. The number of nitrogens with one attached hydrogen (secondary N) is 2. The summed E-state index contributed by atoms with van der Waals surface area (Å²) in [4.78, 5) is 64.4. The maximum absolute atomic E-state index is 13.3. The van der Waals surface area contributed by atoms with Crippen LogP contribution in [0, 0.1) is 19.7 Å². The highest BCUT2D eigenvalue weighted by atomic mass is 19.1. The van der Waals surface area contributed by atoms with E-state index in [2.05, 4.69) is 10.6 Å². The van der Waals surface area contributed by atoms with E-state index in [9.17, 15) is 23.6 Å². The van der Waals surface area contributed by atoms with E-state index in [-0.39, 0.29) is 42.5 Å². The van der Waals surface area contributed by atoms with Gasteiger partial charge in [0.2, 0.25) is 11.8 Å². The second-order valence-electron chi connectivity index (χ2n) is 14.8. The highest BCUT2D eigenvalue weighted by molar-refractivity contribution is 6.47. The highest BCUT2D eigenvalue weighted by Gasteiger charge is 2.50. The zero-order chi connectivity index (χ0) is 38.6. The number of rotatable bonds is 8. The minimum atomic E-state index is -0.662. The van der Waals surface area contributed by atoms with Crippen molar-refractivity contribution in [3.8, 4) is 0 Å². The molecule has 0 unspecified atom stereocenters. The number of hydrogen-bond acceptors (Lipinski definition) is 6. The average Bonchev–Trinajstić information content (AvgIpc) is 3.96. The van der Waals surface area contributed by atoms with Crippen molar-refractivity contribution in [2.45, 2.75) is 76.5 Å². The molecule has 2 N–H and O–H groups in total. The van der Waals surface area contributed by atoms with Gasteiger partial charge in [-0.2, -0.15) is 0 Å². The highest BCUT2D eigenvalue weighted by Crippen LogP contribution is 2.42. The third-order valence-electron chi connectivity index (χ3n) is 10.7. The summed E-state index contributed by atoms with van der Waals surface area (Å²) in [6.45, 7) is 3.90. The molecule has 282 valence electrons. The molecule has 4 aliphatic rings. The van der Waals surface area contributed by atoms with Crippen LogP contribution in [0.4, 0.5) is 15.8 Å². The monoisotopic (exact) mass is 740 g/mol. The van der Waals surface area contributed by atoms with Crippen LogP contribution in [0.5, 0.6) is 0 Å². The van der Waals surface area contributed by atoms with Crippen molar-refractivity contribution in [3.63, 3.8) is 0 Å². The molecule has 11 heteroatoms. The summed E-state index contributed by atoms with van der Waals surface area (Å²) in [5, 5.41) is 5.77. The maximum Gasteiger partial charge on any atom is 0.275 e. The van der Waals surface area contributed by atoms with Crippen LogP contribution in [-0.4, -0.2) is 69.3 Å². The van der Waals surface area contributed by atoms with Gasteiger partial charge in [-0.15, -0.1) is 0 Å². The van der Waals surface area contributed by atoms with E-state index in [0.29, 0.717) is 22.7 Å². The maximum atomic E-state index is 13.3. The lowest BCUT2D eigenvalue weighted by Gasteiger charge is -2.32. The van der Waals surface area contributed by atoms with Crippen LogP contribution < -0.4 is 10.6 Å². The molecule has 0 radical (unpaired) electrons. The van der Waals surface area contributed by atoms with Crippen LogP contribution in [0.25, 0.3) is 0 Å². The van der Waals surface area contributed by atoms with E-state index in [1.165, 1.54) is 12.1 Å². The van der Waals surface area contributed by atoms with Gasteiger partial charge in [0, 0.05) is 22.5 Å². The van der Waals surface area contributed by atoms with E-state index in [0.717, 1.165) is 73.7 Å². The van der Waals surface area contributed by atoms with Gasteiger partial charge in [0.05, 0.1) is 0 Å². The fourth-order valence-corrected chi connectivity index (χ4v) is 8.06. The molecular formula is C44H45FN6O4. The minimum Gasteiger partial charge on any atom is -0.325 e. The Kier molecular flexibility index (Phi) is 10.7. The van der Waals surface area contributed by atoms with Crippen molar-refractivity contribution >= 4 is 46.4 Å². The van der Waals surface area contributed by atoms with Crippen LogP contribution in [0.3, 0.4) is 0 Å². The number of aliphatic imine (C=N–C) groups is 2. The van der Waals surface area contributed by atoms with Crippen LogP contribution >= 0.6 is 0 Å². The lowest BCUT2D eigenvalue weighted by Crippen LogP contribution is -2.48. The number of amides is 4. The zero-order valence-corrected chi connectivity index (χ0v) is 31.2. The standard InChI is InChI=1S/C22H22FN3O2.C22H23N3O2/c1-15-5-4-6-18(13-15)24-19(27)14-26-21(28)20(16-7-9-17(23)10-8-16)25-22(26)11-2-3-12-22;1-16-8-7-11-18(14-16)23-19(26)15-25-21(27)20(17-9-3-2-4-10-17)24-22(25)12-5-6-13-22/h4-10,13H,2-3,11-12,14H2,1H3,(H,24,27);2-4,7-11,14H,5-6,12-13,15H2,1H3,(H,23,26). The third-order valence-corrected chi connectivity index (χ3v) is 10.7. The lowest BCUT2D eigenvalue weighted by molar-refractivity contribution is -0.132. The van der Waals surface area contributed by atoms with Crippen molar-refractivity contribution in [3.05, 3.63) is 131 Å². The van der Waals surface area contributed by atoms with Crippen molar-refractivity contribution in [2.24, 2.45) is 9.98 Å². The van der Waals surface area contributed by atoms with E-state index in [4.69, 9.17) is 9.98 Å². The number of halogens is 1.